The molecule has 3 nitrogen and oxygen atoms in total. The van der Waals surface area contributed by atoms with Crippen LogP contribution in [0.25, 0.3) is 0 Å². The Balaban J connectivity index is 1.55. The summed E-state index contributed by atoms with van der Waals surface area (Å²) in [6.07, 6.45) is 11.7. The van der Waals surface area contributed by atoms with Crippen molar-refractivity contribution in [2.45, 2.75) is 51.0 Å². The highest BCUT2D eigenvalue weighted by Crippen LogP contribution is 2.62. The van der Waals surface area contributed by atoms with Crippen LogP contribution >= 0.6 is 0 Å². The lowest BCUT2D eigenvalue weighted by Crippen LogP contribution is -2.47. The van der Waals surface area contributed by atoms with E-state index in [1.165, 1.54) is 38.5 Å². The molecule has 1 atom stereocenters. The summed E-state index contributed by atoms with van der Waals surface area (Å²) in [5.41, 5.74) is 3.53. The number of rotatable bonds is 4. The Morgan fingerprint density at radius 3 is 2.32 bits per heavy atom. The van der Waals surface area contributed by atoms with Gasteiger partial charge in [-0.3, -0.25) is 5.84 Å². The first kappa shape index (κ1) is 12.0. The molecule has 19 heavy (non-hydrogen) atoms. The average molecular weight is 260 g/mol. The van der Waals surface area contributed by atoms with Gasteiger partial charge in [0, 0.05) is 0 Å². The van der Waals surface area contributed by atoms with Crippen molar-refractivity contribution in [1.29, 1.82) is 0 Å². The summed E-state index contributed by atoms with van der Waals surface area (Å²) < 4.78 is 5.56. The smallest absolute Gasteiger partial charge is 0.122 e. The highest BCUT2D eigenvalue weighted by Gasteiger charge is 2.51. The Bertz CT molecular complexity index is 404. The normalized spacial score (nSPS) is 41.6. The van der Waals surface area contributed by atoms with E-state index in [0.717, 1.165) is 29.9 Å². The molecule has 4 saturated carbocycles. The average Bonchev–Trinajstić information content (AvgIpc) is 2.88. The molecule has 1 unspecified atom stereocenters. The molecule has 4 aliphatic rings. The lowest BCUT2D eigenvalue weighted by atomic mass is 9.48. The van der Waals surface area contributed by atoms with Crippen LogP contribution in [-0.4, -0.2) is 0 Å². The summed E-state index contributed by atoms with van der Waals surface area (Å²) in [4.78, 5) is 0. The molecule has 3 heteroatoms. The molecule has 1 heterocycles. The molecular formula is C16H24N2O. The fraction of sp³-hybridized carbons (Fsp3) is 0.750. The minimum Gasteiger partial charge on any atom is -0.468 e. The molecule has 5 rings (SSSR count). The molecule has 3 N–H and O–H groups in total. The van der Waals surface area contributed by atoms with Crippen molar-refractivity contribution in [3.05, 3.63) is 24.2 Å². The maximum Gasteiger partial charge on any atom is 0.122 e. The van der Waals surface area contributed by atoms with Gasteiger partial charge in [0.25, 0.3) is 0 Å². The lowest BCUT2D eigenvalue weighted by Gasteiger charge is -2.57. The monoisotopic (exact) mass is 260 g/mol. The first-order chi connectivity index (χ1) is 9.26. The van der Waals surface area contributed by atoms with Crippen molar-refractivity contribution >= 4 is 0 Å². The summed E-state index contributed by atoms with van der Waals surface area (Å²) in [7, 11) is 0. The van der Waals surface area contributed by atoms with Gasteiger partial charge in [0.05, 0.1) is 12.3 Å². The fourth-order valence-corrected chi connectivity index (χ4v) is 5.70. The van der Waals surface area contributed by atoms with Crippen LogP contribution in [0.1, 0.15) is 56.7 Å². The van der Waals surface area contributed by atoms with E-state index >= 15 is 0 Å². The van der Waals surface area contributed by atoms with Gasteiger partial charge in [-0.05, 0) is 80.2 Å². The molecule has 0 saturated heterocycles. The predicted octanol–water partition coefficient (Wildman–Crippen LogP) is 3.39. The van der Waals surface area contributed by atoms with Crippen LogP contribution in [0.5, 0.6) is 0 Å². The maximum atomic E-state index is 5.78. The van der Waals surface area contributed by atoms with Crippen LogP contribution in [0.2, 0.25) is 0 Å². The van der Waals surface area contributed by atoms with Gasteiger partial charge in [-0.1, -0.05) is 0 Å². The van der Waals surface area contributed by atoms with E-state index in [1.807, 2.05) is 12.1 Å². The third kappa shape index (κ3) is 2.03. The van der Waals surface area contributed by atoms with Crippen LogP contribution in [0.3, 0.4) is 0 Å². The summed E-state index contributed by atoms with van der Waals surface area (Å²) in [6.45, 7) is 0. The van der Waals surface area contributed by atoms with Crippen molar-refractivity contribution in [2.75, 3.05) is 0 Å². The molecule has 1 aromatic heterocycles. The minimum absolute atomic E-state index is 0.186. The first-order valence-corrected chi connectivity index (χ1v) is 7.76. The molecule has 0 radical (unpaired) electrons. The van der Waals surface area contributed by atoms with Gasteiger partial charge in [-0.2, -0.15) is 0 Å². The second-order valence-corrected chi connectivity index (χ2v) is 7.36. The van der Waals surface area contributed by atoms with Crippen LogP contribution in [-0.2, 0) is 0 Å². The van der Waals surface area contributed by atoms with Crippen molar-refractivity contribution in [3.63, 3.8) is 0 Å². The zero-order valence-corrected chi connectivity index (χ0v) is 11.5. The fourth-order valence-electron chi connectivity index (χ4n) is 5.70. The third-order valence-electron chi connectivity index (χ3n) is 5.89. The van der Waals surface area contributed by atoms with Crippen LogP contribution in [0.15, 0.2) is 22.8 Å². The van der Waals surface area contributed by atoms with Crippen molar-refractivity contribution in [2.24, 2.45) is 29.0 Å². The van der Waals surface area contributed by atoms with Gasteiger partial charge < -0.3 is 4.42 Å². The van der Waals surface area contributed by atoms with E-state index < -0.39 is 0 Å². The molecular weight excluding hydrogens is 236 g/mol. The van der Waals surface area contributed by atoms with Gasteiger partial charge in [0.1, 0.15) is 5.76 Å². The zero-order chi connectivity index (χ0) is 12.9. The second kappa shape index (κ2) is 4.35. The Hall–Kier alpha value is -0.800. The molecule has 4 aliphatic carbocycles. The van der Waals surface area contributed by atoms with Crippen LogP contribution in [0.4, 0.5) is 0 Å². The van der Waals surface area contributed by atoms with E-state index in [2.05, 4.69) is 5.43 Å². The molecule has 0 aliphatic heterocycles. The molecule has 104 valence electrons. The van der Waals surface area contributed by atoms with Gasteiger partial charge in [-0.15, -0.1) is 0 Å². The van der Waals surface area contributed by atoms with Gasteiger partial charge in [0.15, 0.2) is 0 Å². The van der Waals surface area contributed by atoms with Crippen molar-refractivity contribution in [1.82, 2.24) is 5.43 Å². The Kier molecular flexibility index (Phi) is 2.75. The zero-order valence-electron chi connectivity index (χ0n) is 11.5. The minimum atomic E-state index is 0.186. The maximum absolute atomic E-state index is 5.78. The topological polar surface area (TPSA) is 51.2 Å². The van der Waals surface area contributed by atoms with Crippen molar-refractivity contribution < 1.29 is 4.42 Å². The van der Waals surface area contributed by atoms with E-state index in [9.17, 15) is 0 Å². The standard InChI is InChI=1S/C16H24N2O/c17-18-14(15-2-1-3-19-15)10-16-7-11-4-12(8-16)6-13(5-11)9-16/h1-3,11-14,18H,4-10,17H2. The highest BCUT2D eigenvalue weighted by atomic mass is 16.3. The molecule has 0 aromatic carbocycles. The van der Waals surface area contributed by atoms with Crippen LogP contribution < -0.4 is 11.3 Å². The second-order valence-electron chi connectivity index (χ2n) is 7.36. The quantitative estimate of drug-likeness (QED) is 0.644. The summed E-state index contributed by atoms with van der Waals surface area (Å²) in [5, 5.41) is 0. The Labute approximate surface area is 114 Å². The number of nitrogens with one attached hydrogen (secondary N) is 1. The third-order valence-corrected chi connectivity index (χ3v) is 5.89. The molecule has 1 aromatic rings. The number of hydrogen-bond donors (Lipinski definition) is 2. The Morgan fingerprint density at radius 2 is 1.84 bits per heavy atom. The molecule has 0 amide bonds. The SMILES string of the molecule is NNC(CC12CC3CC(CC(C3)C1)C2)c1ccco1. The number of nitrogens with two attached hydrogens (primary N) is 1. The molecule has 0 spiro atoms. The Morgan fingerprint density at radius 1 is 1.21 bits per heavy atom. The van der Waals surface area contributed by atoms with E-state index in [1.54, 1.807) is 6.26 Å². The first-order valence-electron chi connectivity index (χ1n) is 7.76. The number of hydrogen-bond acceptors (Lipinski definition) is 3. The summed E-state index contributed by atoms with van der Waals surface area (Å²) >= 11 is 0. The largest absolute Gasteiger partial charge is 0.468 e. The molecule has 4 bridgehead atoms. The van der Waals surface area contributed by atoms with E-state index in [0.29, 0.717) is 5.41 Å². The van der Waals surface area contributed by atoms with Gasteiger partial charge in [0.2, 0.25) is 0 Å². The highest BCUT2D eigenvalue weighted by molar-refractivity contribution is 5.08. The number of furan rings is 1. The van der Waals surface area contributed by atoms with Gasteiger partial charge in [-0.25, -0.2) is 5.43 Å². The predicted molar refractivity (Wildman–Crippen MR) is 74.0 cm³/mol. The lowest BCUT2D eigenvalue weighted by molar-refractivity contribution is -0.0632. The van der Waals surface area contributed by atoms with Crippen LogP contribution in [0, 0.1) is 23.2 Å². The molecule has 4 fully saturated rings. The van der Waals surface area contributed by atoms with E-state index in [4.69, 9.17) is 10.3 Å². The summed E-state index contributed by atoms with van der Waals surface area (Å²) in [6, 6.07) is 4.19. The van der Waals surface area contributed by atoms with Crippen molar-refractivity contribution in [3.8, 4) is 0 Å². The van der Waals surface area contributed by atoms with Gasteiger partial charge >= 0.3 is 0 Å². The van der Waals surface area contributed by atoms with E-state index in [-0.39, 0.29) is 6.04 Å². The summed E-state index contributed by atoms with van der Waals surface area (Å²) in [5.74, 6) is 9.79. The number of hydrazine groups is 1.